The first kappa shape index (κ1) is 45.3. The average molecular weight is 874 g/mol. The zero-order valence-corrected chi connectivity index (χ0v) is 37.6. The Morgan fingerprint density at radius 3 is 2.27 bits per heavy atom. The number of unbranched alkanes of at least 4 members (excludes halogenated alkanes) is 2. The minimum atomic E-state index is -0.340. The van der Waals surface area contributed by atoms with Gasteiger partial charge in [-0.25, -0.2) is 15.0 Å². The zero-order valence-electron chi connectivity index (χ0n) is 37.6. The number of fused-ring (bicyclic) bond motifs is 1. The van der Waals surface area contributed by atoms with Gasteiger partial charge in [0.1, 0.15) is 23.1 Å². The molecular formula is C45H59N15O4. The second-order valence-electron chi connectivity index (χ2n) is 16.6. The molecule has 338 valence electrons. The number of ketones is 1. The highest BCUT2D eigenvalue weighted by atomic mass is 16.2. The lowest BCUT2D eigenvalue weighted by atomic mass is 10.0. The quantitative estimate of drug-likeness (QED) is 0.0577. The summed E-state index contributed by atoms with van der Waals surface area (Å²) in [7, 11) is 5.51. The van der Waals surface area contributed by atoms with E-state index >= 15 is 0 Å². The Balaban J connectivity index is 0.838. The van der Waals surface area contributed by atoms with Crippen molar-refractivity contribution in [2.24, 2.45) is 0 Å². The van der Waals surface area contributed by atoms with Crippen LogP contribution in [0.4, 0.5) is 40.7 Å². The molecule has 0 radical (unpaired) electrons. The monoisotopic (exact) mass is 873 g/mol. The molecule has 1 aliphatic carbocycles. The molecule has 7 rings (SSSR count). The summed E-state index contributed by atoms with van der Waals surface area (Å²) in [5.74, 6) is 2.45. The van der Waals surface area contributed by atoms with Gasteiger partial charge in [-0.3, -0.25) is 28.6 Å². The smallest absolute Gasteiger partial charge is 0.263 e. The topological polar surface area (TPSA) is 220 Å². The summed E-state index contributed by atoms with van der Waals surface area (Å²) in [5, 5.41) is 24.4. The predicted molar refractivity (Wildman–Crippen MR) is 250 cm³/mol. The third-order valence-electron chi connectivity index (χ3n) is 12.0. The van der Waals surface area contributed by atoms with Crippen molar-refractivity contribution in [3.05, 3.63) is 75.8 Å². The Morgan fingerprint density at radius 2 is 1.59 bits per heavy atom. The van der Waals surface area contributed by atoms with Crippen molar-refractivity contribution in [1.29, 1.82) is 0 Å². The number of hydrogen-bond donors (Lipinski definition) is 5. The molecule has 5 aromatic heterocycles. The Hall–Kier alpha value is -6.76. The molecule has 2 amide bonds. The van der Waals surface area contributed by atoms with Crippen LogP contribution < -0.4 is 41.9 Å². The van der Waals surface area contributed by atoms with Crippen molar-refractivity contribution in [2.75, 3.05) is 91.5 Å². The highest BCUT2D eigenvalue weighted by Crippen LogP contribution is 2.32. The summed E-state index contributed by atoms with van der Waals surface area (Å²) in [6, 6.07) is 10.6. The number of carbonyl (C=O) groups excluding carboxylic acids is 3. The Labute approximate surface area is 372 Å². The SMILES string of the molecule is CNc1ccc(C(=O)Nc2ccc(N(C)C)nn2)c(NCCCCCNC(=O)C(C)N2CCN(c3ccc(Nc4ncc5c(C)c(C(C)=O)c(=O)n(C6CCCC6)c5n4)nc3)CC2)n1. The number of nitrogens with zero attached hydrogens (tertiary/aromatic N) is 10. The van der Waals surface area contributed by atoms with Gasteiger partial charge >= 0.3 is 0 Å². The fourth-order valence-electron chi connectivity index (χ4n) is 8.33. The van der Waals surface area contributed by atoms with Gasteiger partial charge in [-0.15, -0.1) is 10.2 Å². The minimum absolute atomic E-state index is 0.00222. The van der Waals surface area contributed by atoms with Crippen molar-refractivity contribution in [2.45, 2.75) is 77.8 Å². The van der Waals surface area contributed by atoms with Crippen LogP contribution in [0.25, 0.3) is 11.0 Å². The summed E-state index contributed by atoms with van der Waals surface area (Å²) >= 11 is 0. The molecular weight excluding hydrogens is 815 g/mol. The summed E-state index contributed by atoms with van der Waals surface area (Å²) in [6.07, 6.45) is 9.83. The number of anilines is 7. The van der Waals surface area contributed by atoms with Crippen molar-refractivity contribution in [3.63, 3.8) is 0 Å². The van der Waals surface area contributed by atoms with E-state index in [0.29, 0.717) is 70.3 Å². The number of aryl methyl sites for hydroxylation is 1. The number of hydrogen-bond acceptors (Lipinski definition) is 16. The number of amides is 2. The van der Waals surface area contributed by atoms with Crippen molar-refractivity contribution < 1.29 is 14.4 Å². The summed E-state index contributed by atoms with van der Waals surface area (Å²) in [4.78, 5) is 77.1. The lowest BCUT2D eigenvalue weighted by Gasteiger charge is -2.38. The van der Waals surface area contributed by atoms with Gasteiger partial charge in [0.25, 0.3) is 11.5 Å². The van der Waals surface area contributed by atoms with Gasteiger partial charge in [0, 0.05) is 78.0 Å². The second kappa shape index (κ2) is 20.6. The normalized spacial score (nSPS) is 14.9. The van der Waals surface area contributed by atoms with E-state index in [1.807, 2.05) is 44.2 Å². The molecule has 1 unspecified atom stereocenters. The van der Waals surface area contributed by atoms with Crippen LogP contribution in [0.2, 0.25) is 0 Å². The van der Waals surface area contributed by atoms with Gasteiger partial charge in [-0.05, 0) is 94.8 Å². The van der Waals surface area contributed by atoms with Crippen molar-refractivity contribution >= 4 is 69.4 Å². The number of piperazine rings is 1. The zero-order chi connectivity index (χ0) is 45.3. The molecule has 0 aromatic carbocycles. The lowest BCUT2D eigenvalue weighted by Crippen LogP contribution is -2.54. The Bertz CT molecular complexity index is 2500. The van der Waals surface area contributed by atoms with Crippen LogP contribution in [0.3, 0.4) is 0 Å². The maximum absolute atomic E-state index is 13.6. The molecule has 2 fully saturated rings. The number of carbonyl (C=O) groups is 3. The van der Waals surface area contributed by atoms with Gasteiger partial charge in [0.05, 0.1) is 29.1 Å². The molecule has 64 heavy (non-hydrogen) atoms. The number of nitrogens with one attached hydrogen (secondary N) is 5. The van der Waals surface area contributed by atoms with Crippen LogP contribution in [0.1, 0.15) is 91.1 Å². The molecule has 1 atom stereocenters. The van der Waals surface area contributed by atoms with E-state index in [2.05, 4.69) is 61.5 Å². The standard InChI is InChI=1S/C45H59N15O4/c1-28-34-27-50-45(54-41(34)60(31-12-8-9-13-31)44(64)39(28)30(3)61)53-36-16-14-32(26-49-36)59-24-22-58(23-25-59)29(2)42(62)48-21-11-7-10-20-47-40-33(15-17-35(46-4)51-40)43(63)52-37-18-19-38(56-55-37)57(5)6/h14-19,26-27,29,31H,7-13,20-25H2,1-6H3,(H,48,62)(H2,46,47,51)(H,52,55,63)(H,49,50,53,54). The maximum atomic E-state index is 13.6. The Morgan fingerprint density at radius 1 is 0.859 bits per heavy atom. The van der Waals surface area contributed by atoms with Gasteiger partial charge in [0.15, 0.2) is 17.4 Å². The van der Waals surface area contributed by atoms with Crippen LogP contribution in [-0.4, -0.2) is 124 Å². The average Bonchev–Trinajstić information content (AvgIpc) is 3.83. The van der Waals surface area contributed by atoms with E-state index in [-0.39, 0.29) is 40.8 Å². The Kier molecular flexibility index (Phi) is 14.6. The molecule has 19 nitrogen and oxygen atoms in total. The fourth-order valence-corrected chi connectivity index (χ4v) is 8.33. The molecule has 1 saturated heterocycles. The largest absolute Gasteiger partial charge is 0.373 e. The first-order valence-corrected chi connectivity index (χ1v) is 22.1. The highest BCUT2D eigenvalue weighted by molar-refractivity contribution is 6.07. The number of Topliss-reactive ketones (excluding diaryl/α,β-unsaturated/α-hetero) is 1. The predicted octanol–water partition coefficient (Wildman–Crippen LogP) is 5.01. The van der Waals surface area contributed by atoms with Crippen LogP contribution in [0, 0.1) is 6.92 Å². The van der Waals surface area contributed by atoms with Crippen LogP contribution in [0.15, 0.2) is 53.6 Å². The van der Waals surface area contributed by atoms with Crippen LogP contribution >= 0.6 is 0 Å². The van der Waals surface area contributed by atoms with Crippen molar-refractivity contribution in [3.8, 4) is 0 Å². The van der Waals surface area contributed by atoms with E-state index in [1.165, 1.54) is 6.92 Å². The molecule has 1 saturated carbocycles. The number of pyridine rings is 3. The molecule has 5 N–H and O–H groups in total. The molecule has 0 bridgehead atoms. The maximum Gasteiger partial charge on any atom is 0.263 e. The molecule has 0 spiro atoms. The lowest BCUT2D eigenvalue weighted by molar-refractivity contribution is -0.126. The number of rotatable bonds is 18. The highest BCUT2D eigenvalue weighted by Gasteiger charge is 2.27. The summed E-state index contributed by atoms with van der Waals surface area (Å²) < 4.78 is 1.70. The number of aromatic nitrogens is 7. The van der Waals surface area contributed by atoms with E-state index in [0.717, 1.165) is 76.8 Å². The summed E-state index contributed by atoms with van der Waals surface area (Å²) in [5.41, 5.74) is 2.43. The molecule has 2 aliphatic rings. The van der Waals surface area contributed by atoms with Crippen LogP contribution in [0.5, 0.6) is 0 Å². The van der Waals surface area contributed by atoms with E-state index < -0.39 is 0 Å². The van der Waals surface area contributed by atoms with E-state index in [9.17, 15) is 19.2 Å². The molecule has 19 heteroatoms. The van der Waals surface area contributed by atoms with E-state index in [1.54, 1.807) is 49.0 Å². The first-order valence-electron chi connectivity index (χ1n) is 22.1. The van der Waals surface area contributed by atoms with Gasteiger partial charge < -0.3 is 36.4 Å². The van der Waals surface area contributed by atoms with Gasteiger partial charge in [-0.1, -0.05) is 12.8 Å². The molecule has 6 heterocycles. The molecule has 5 aromatic rings. The van der Waals surface area contributed by atoms with Gasteiger partial charge in [0.2, 0.25) is 11.9 Å². The summed E-state index contributed by atoms with van der Waals surface area (Å²) in [6.45, 7) is 9.32. The third kappa shape index (κ3) is 10.5. The van der Waals surface area contributed by atoms with E-state index in [4.69, 9.17) is 4.98 Å². The minimum Gasteiger partial charge on any atom is -0.373 e. The first-order chi connectivity index (χ1) is 30.9. The fraction of sp³-hybridized carbons (Fsp3) is 0.467. The van der Waals surface area contributed by atoms with Crippen molar-refractivity contribution in [1.82, 2.24) is 44.9 Å². The third-order valence-corrected chi connectivity index (χ3v) is 12.0. The molecule has 1 aliphatic heterocycles. The second-order valence-corrected chi connectivity index (χ2v) is 16.6. The van der Waals surface area contributed by atoms with Crippen LogP contribution in [-0.2, 0) is 4.79 Å². The van der Waals surface area contributed by atoms with Gasteiger partial charge in [-0.2, -0.15) is 4.98 Å².